The number of pyridine rings is 1. The van der Waals surface area contributed by atoms with Crippen LogP contribution >= 0.6 is 0 Å². The molecule has 2 aromatic heterocycles. The standard InChI is InChI=1S/C24H28N2.C11H13N3/c1-18-11-13-19(14-12-18)16-25-17-21-15-24(20-7-3-2-4-8-20)26-23-10-6-5-9-22(21)23;1-8-12-10-7-5-4-6-9(10)11(13-8)14(2)3/h2-10,15,18-19,25H,11-14,16-17H2,1H3;4-7H,1-3H3. The molecule has 0 saturated heterocycles. The molecule has 5 nitrogen and oxygen atoms in total. The van der Waals surface area contributed by atoms with Crippen LogP contribution in [-0.2, 0) is 6.54 Å². The molecular formula is C35H41N5. The first-order chi connectivity index (χ1) is 19.5. The molecule has 0 amide bonds. The maximum atomic E-state index is 4.88. The van der Waals surface area contributed by atoms with Crippen molar-refractivity contribution in [2.45, 2.75) is 46.1 Å². The number of aryl methyl sites for hydroxylation is 1. The number of hydrogen-bond donors (Lipinski definition) is 1. The molecule has 3 aromatic carbocycles. The number of rotatable bonds is 6. The average Bonchev–Trinajstić information content (AvgIpc) is 2.98. The van der Waals surface area contributed by atoms with Crippen LogP contribution in [0.3, 0.4) is 0 Å². The summed E-state index contributed by atoms with van der Waals surface area (Å²) in [5.41, 5.74) is 5.67. The van der Waals surface area contributed by atoms with Crippen molar-refractivity contribution in [2.24, 2.45) is 11.8 Å². The van der Waals surface area contributed by atoms with E-state index in [-0.39, 0.29) is 0 Å². The van der Waals surface area contributed by atoms with Crippen molar-refractivity contribution >= 4 is 27.6 Å². The number of para-hydroxylation sites is 2. The van der Waals surface area contributed by atoms with Crippen molar-refractivity contribution < 1.29 is 0 Å². The molecule has 1 fully saturated rings. The fourth-order valence-electron chi connectivity index (χ4n) is 5.61. The lowest BCUT2D eigenvalue weighted by Gasteiger charge is -2.26. The Morgan fingerprint density at radius 3 is 2.08 bits per heavy atom. The Kier molecular flexibility index (Phi) is 9.02. The molecule has 1 N–H and O–H groups in total. The lowest BCUT2D eigenvalue weighted by atomic mass is 9.83. The fraction of sp³-hybridized carbons (Fsp3) is 0.343. The Hall–Kier alpha value is -3.83. The van der Waals surface area contributed by atoms with E-state index in [0.29, 0.717) is 0 Å². The minimum absolute atomic E-state index is 0.812. The van der Waals surface area contributed by atoms with Gasteiger partial charge in [-0.25, -0.2) is 15.0 Å². The smallest absolute Gasteiger partial charge is 0.139 e. The van der Waals surface area contributed by atoms with Crippen LogP contribution in [0.4, 0.5) is 5.82 Å². The topological polar surface area (TPSA) is 53.9 Å². The second kappa shape index (κ2) is 13.0. The predicted molar refractivity (Wildman–Crippen MR) is 169 cm³/mol. The largest absolute Gasteiger partial charge is 0.362 e. The van der Waals surface area contributed by atoms with Crippen molar-refractivity contribution in [3.8, 4) is 11.3 Å². The first-order valence-corrected chi connectivity index (χ1v) is 14.5. The third-order valence-corrected chi connectivity index (χ3v) is 7.87. The molecule has 6 rings (SSSR count). The molecule has 0 aliphatic heterocycles. The maximum absolute atomic E-state index is 4.88. The third-order valence-electron chi connectivity index (χ3n) is 7.87. The highest BCUT2D eigenvalue weighted by atomic mass is 15.1. The zero-order chi connectivity index (χ0) is 27.9. The van der Waals surface area contributed by atoms with Crippen molar-refractivity contribution in [2.75, 3.05) is 25.5 Å². The molecule has 5 heteroatoms. The Morgan fingerprint density at radius 2 is 1.38 bits per heavy atom. The monoisotopic (exact) mass is 531 g/mol. The van der Waals surface area contributed by atoms with Gasteiger partial charge in [-0.15, -0.1) is 0 Å². The third kappa shape index (κ3) is 6.83. The van der Waals surface area contributed by atoms with Gasteiger partial charge in [-0.3, -0.25) is 0 Å². The molecule has 1 aliphatic rings. The highest BCUT2D eigenvalue weighted by Gasteiger charge is 2.18. The second-order valence-electron chi connectivity index (χ2n) is 11.3. The van der Waals surface area contributed by atoms with Gasteiger partial charge in [-0.2, -0.15) is 0 Å². The number of nitrogens with zero attached hydrogens (tertiary/aromatic N) is 4. The molecule has 1 aliphatic carbocycles. The van der Waals surface area contributed by atoms with Crippen LogP contribution in [0.25, 0.3) is 33.1 Å². The van der Waals surface area contributed by atoms with E-state index in [1.54, 1.807) is 0 Å². The quantitative estimate of drug-likeness (QED) is 0.242. The van der Waals surface area contributed by atoms with Crippen molar-refractivity contribution in [1.82, 2.24) is 20.3 Å². The van der Waals surface area contributed by atoms with Crippen LogP contribution in [0.5, 0.6) is 0 Å². The molecule has 0 unspecified atom stereocenters. The number of anilines is 1. The van der Waals surface area contributed by atoms with Crippen LogP contribution in [0.2, 0.25) is 0 Å². The van der Waals surface area contributed by atoms with Crippen LogP contribution in [-0.4, -0.2) is 35.6 Å². The molecule has 1 saturated carbocycles. The minimum Gasteiger partial charge on any atom is -0.362 e. The summed E-state index contributed by atoms with van der Waals surface area (Å²) in [6.07, 6.45) is 5.53. The van der Waals surface area contributed by atoms with Gasteiger partial charge in [0, 0.05) is 37.0 Å². The van der Waals surface area contributed by atoms with E-state index in [1.165, 1.54) is 42.2 Å². The average molecular weight is 532 g/mol. The summed E-state index contributed by atoms with van der Waals surface area (Å²) in [7, 11) is 3.99. The van der Waals surface area contributed by atoms with Crippen molar-refractivity contribution in [1.29, 1.82) is 0 Å². The number of aromatic nitrogens is 3. The van der Waals surface area contributed by atoms with E-state index in [0.717, 1.165) is 58.7 Å². The first kappa shape index (κ1) is 27.7. The molecule has 2 heterocycles. The molecule has 206 valence electrons. The Balaban J connectivity index is 0.000000194. The first-order valence-electron chi connectivity index (χ1n) is 14.5. The van der Waals surface area contributed by atoms with Crippen LogP contribution in [0, 0.1) is 18.8 Å². The summed E-state index contributed by atoms with van der Waals surface area (Å²) < 4.78 is 0. The van der Waals surface area contributed by atoms with Gasteiger partial charge in [0.05, 0.1) is 16.7 Å². The number of benzene rings is 3. The minimum atomic E-state index is 0.812. The van der Waals surface area contributed by atoms with E-state index in [4.69, 9.17) is 4.98 Å². The van der Waals surface area contributed by atoms with Crippen molar-refractivity contribution in [3.63, 3.8) is 0 Å². The summed E-state index contributed by atoms with van der Waals surface area (Å²) in [5, 5.41) is 6.09. The Labute approximate surface area is 238 Å². The zero-order valence-corrected chi connectivity index (χ0v) is 24.3. The van der Waals surface area contributed by atoms with Crippen LogP contribution in [0.1, 0.15) is 44.0 Å². The Morgan fingerprint density at radius 1 is 0.750 bits per heavy atom. The summed E-state index contributed by atoms with van der Waals surface area (Å²) in [6.45, 7) is 6.34. The van der Waals surface area contributed by atoms with Gasteiger partial charge in [0.1, 0.15) is 11.6 Å². The molecule has 5 aromatic rings. The molecule has 0 atom stereocenters. The van der Waals surface area contributed by atoms with Gasteiger partial charge in [-0.05, 0) is 68.0 Å². The second-order valence-corrected chi connectivity index (χ2v) is 11.3. The van der Waals surface area contributed by atoms with Gasteiger partial charge < -0.3 is 10.2 Å². The normalized spacial score (nSPS) is 16.9. The van der Waals surface area contributed by atoms with E-state index < -0.39 is 0 Å². The highest BCUT2D eigenvalue weighted by molar-refractivity contribution is 5.89. The summed E-state index contributed by atoms with van der Waals surface area (Å²) in [5.74, 6) is 3.55. The maximum Gasteiger partial charge on any atom is 0.139 e. The zero-order valence-electron chi connectivity index (χ0n) is 24.3. The molecular weight excluding hydrogens is 490 g/mol. The highest BCUT2D eigenvalue weighted by Crippen LogP contribution is 2.28. The van der Waals surface area contributed by atoms with Crippen LogP contribution in [0.15, 0.2) is 84.9 Å². The predicted octanol–water partition coefficient (Wildman–Crippen LogP) is 7.82. The number of hydrogen-bond acceptors (Lipinski definition) is 5. The van der Waals surface area contributed by atoms with E-state index in [2.05, 4.69) is 82.9 Å². The van der Waals surface area contributed by atoms with Crippen molar-refractivity contribution in [3.05, 3.63) is 96.3 Å². The van der Waals surface area contributed by atoms with Gasteiger partial charge in [-0.1, -0.05) is 80.4 Å². The van der Waals surface area contributed by atoms with Gasteiger partial charge in [0.15, 0.2) is 0 Å². The van der Waals surface area contributed by atoms with E-state index in [1.807, 2.05) is 50.2 Å². The van der Waals surface area contributed by atoms with Crippen LogP contribution < -0.4 is 10.2 Å². The summed E-state index contributed by atoms with van der Waals surface area (Å²) >= 11 is 0. The SMILES string of the molecule is CC1CCC(CNCc2cc(-c3ccccc3)nc3ccccc23)CC1.Cc1nc(N(C)C)c2ccccc2n1. The summed E-state index contributed by atoms with van der Waals surface area (Å²) in [4.78, 5) is 15.7. The lowest BCUT2D eigenvalue weighted by molar-refractivity contribution is 0.281. The van der Waals surface area contributed by atoms with E-state index in [9.17, 15) is 0 Å². The number of nitrogens with one attached hydrogen (secondary N) is 1. The number of fused-ring (bicyclic) bond motifs is 2. The molecule has 40 heavy (non-hydrogen) atoms. The van der Waals surface area contributed by atoms with Gasteiger partial charge in [0.25, 0.3) is 0 Å². The van der Waals surface area contributed by atoms with Gasteiger partial charge in [0.2, 0.25) is 0 Å². The fourth-order valence-corrected chi connectivity index (χ4v) is 5.61. The van der Waals surface area contributed by atoms with Gasteiger partial charge >= 0.3 is 0 Å². The Bertz CT molecular complexity index is 1540. The lowest BCUT2D eigenvalue weighted by Crippen LogP contribution is -2.25. The molecule has 0 spiro atoms. The molecule has 0 radical (unpaired) electrons. The summed E-state index contributed by atoms with van der Waals surface area (Å²) in [6, 6.07) is 29.3. The van der Waals surface area contributed by atoms with E-state index >= 15 is 0 Å². The molecule has 0 bridgehead atoms.